The first-order chi connectivity index (χ1) is 10.3. The molecule has 2 heterocycles. The first-order valence-corrected chi connectivity index (χ1v) is 8.25. The molecule has 2 aromatic rings. The van der Waals surface area contributed by atoms with Crippen molar-refractivity contribution in [3.63, 3.8) is 0 Å². The Kier molecular flexibility index (Phi) is 5.62. The van der Waals surface area contributed by atoms with Gasteiger partial charge in [-0.1, -0.05) is 20.8 Å². The monoisotopic (exact) mass is 323 g/mol. The van der Waals surface area contributed by atoms with Crippen molar-refractivity contribution in [1.29, 1.82) is 0 Å². The summed E-state index contributed by atoms with van der Waals surface area (Å²) in [6.45, 7) is 7.48. The number of hydrogen-bond acceptors (Lipinski definition) is 3. The summed E-state index contributed by atoms with van der Waals surface area (Å²) >= 11 is 0. The number of nitrogens with zero attached hydrogens (tertiary/aromatic N) is 4. The van der Waals surface area contributed by atoms with Gasteiger partial charge in [-0.05, 0) is 32.1 Å². The van der Waals surface area contributed by atoms with E-state index < -0.39 is 0 Å². The summed E-state index contributed by atoms with van der Waals surface area (Å²) in [6.07, 6.45) is 7.57. The van der Waals surface area contributed by atoms with E-state index in [4.69, 9.17) is 9.98 Å². The van der Waals surface area contributed by atoms with E-state index in [0.29, 0.717) is 12.0 Å². The molecule has 1 N–H and O–H groups in total. The van der Waals surface area contributed by atoms with Gasteiger partial charge >= 0.3 is 0 Å². The number of aromatic amines is 1. The molecule has 122 valence electrons. The van der Waals surface area contributed by atoms with Gasteiger partial charge in [0.2, 0.25) is 0 Å². The second-order valence-corrected chi connectivity index (χ2v) is 5.96. The van der Waals surface area contributed by atoms with Crippen LogP contribution >= 0.6 is 12.4 Å². The third-order valence-electron chi connectivity index (χ3n) is 4.19. The predicted octanol–water partition coefficient (Wildman–Crippen LogP) is 3.56. The lowest BCUT2D eigenvalue weighted by Crippen LogP contribution is -2.18. The Bertz CT molecular complexity index is 679. The maximum Gasteiger partial charge on any atom is 0.176 e. The van der Waals surface area contributed by atoms with Crippen molar-refractivity contribution in [2.75, 3.05) is 0 Å². The molecule has 6 heteroatoms. The van der Waals surface area contributed by atoms with Crippen molar-refractivity contribution >= 4 is 23.6 Å². The van der Waals surface area contributed by atoms with Crippen LogP contribution in [0, 0.1) is 0 Å². The third-order valence-corrected chi connectivity index (χ3v) is 4.19. The lowest BCUT2D eigenvalue weighted by Gasteiger charge is -2.07. The second-order valence-electron chi connectivity index (χ2n) is 5.96. The van der Waals surface area contributed by atoms with Gasteiger partial charge in [-0.15, -0.1) is 12.4 Å². The summed E-state index contributed by atoms with van der Waals surface area (Å²) in [6, 6.07) is 0.343. The van der Waals surface area contributed by atoms with E-state index in [1.54, 1.807) is 0 Å². The smallest absolute Gasteiger partial charge is 0.176 e. The normalized spacial score (nSPS) is 15.5. The lowest BCUT2D eigenvalue weighted by atomic mass is 10.2. The number of imidazole rings is 1. The molecule has 0 radical (unpaired) electrons. The van der Waals surface area contributed by atoms with E-state index in [-0.39, 0.29) is 12.4 Å². The number of aryl methyl sites for hydroxylation is 1. The number of fused-ring (bicyclic) bond motifs is 1. The number of aromatic nitrogens is 4. The fourth-order valence-corrected chi connectivity index (χ4v) is 2.69. The van der Waals surface area contributed by atoms with Gasteiger partial charge in [0.25, 0.3) is 0 Å². The summed E-state index contributed by atoms with van der Waals surface area (Å²) < 4.78 is 2.14. The second kappa shape index (κ2) is 7.27. The van der Waals surface area contributed by atoms with Crippen LogP contribution in [0.15, 0.2) is 11.3 Å². The van der Waals surface area contributed by atoms with E-state index in [2.05, 4.69) is 35.3 Å². The highest BCUT2D eigenvalue weighted by Crippen LogP contribution is 2.38. The molecule has 1 aliphatic rings. The topological polar surface area (TPSA) is 58.9 Å². The first kappa shape index (κ1) is 17.0. The van der Waals surface area contributed by atoms with Crippen molar-refractivity contribution < 1.29 is 0 Å². The van der Waals surface area contributed by atoms with Gasteiger partial charge < -0.3 is 9.55 Å². The van der Waals surface area contributed by atoms with Crippen molar-refractivity contribution in [2.45, 2.75) is 71.4 Å². The minimum atomic E-state index is 0. The molecule has 1 aliphatic carbocycles. The number of H-pyrrole nitrogens is 1. The highest BCUT2D eigenvalue weighted by atomic mass is 35.5. The van der Waals surface area contributed by atoms with Gasteiger partial charge in [-0.25, -0.2) is 9.97 Å². The molecule has 0 unspecified atom stereocenters. The van der Waals surface area contributed by atoms with Gasteiger partial charge in [-0.3, -0.25) is 4.99 Å². The number of hydrogen-bond donors (Lipinski definition) is 1. The molecule has 0 saturated heterocycles. The fraction of sp³-hybridized carbons (Fsp3) is 0.688. The van der Waals surface area contributed by atoms with Crippen LogP contribution in [-0.2, 0) is 6.54 Å². The Hall–Kier alpha value is -1.36. The fourth-order valence-electron chi connectivity index (χ4n) is 2.69. The Labute approximate surface area is 137 Å². The third kappa shape index (κ3) is 3.35. The molecule has 2 aromatic heterocycles. The molecule has 1 saturated carbocycles. The van der Waals surface area contributed by atoms with E-state index in [1.807, 2.05) is 6.33 Å². The van der Waals surface area contributed by atoms with Crippen LogP contribution < -0.4 is 5.49 Å². The van der Waals surface area contributed by atoms with Gasteiger partial charge in [0.15, 0.2) is 11.1 Å². The predicted molar refractivity (Wildman–Crippen MR) is 91.3 cm³/mol. The van der Waals surface area contributed by atoms with Gasteiger partial charge in [0.05, 0.1) is 12.4 Å². The van der Waals surface area contributed by atoms with E-state index in [0.717, 1.165) is 48.3 Å². The maximum atomic E-state index is 4.82. The molecular formula is C16H26ClN5. The van der Waals surface area contributed by atoms with Crippen LogP contribution in [0.5, 0.6) is 0 Å². The van der Waals surface area contributed by atoms with Crippen molar-refractivity contribution in [2.24, 2.45) is 4.99 Å². The van der Waals surface area contributed by atoms with Crippen LogP contribution in [0.4, 0.5) is 0 Å². The summed E-state index contributed by atoms with van der Waals surface area (Å²) in [5.74, 6) is 1.73. The lowest BCUT2D eigenvalue weighted by molar-refractivity contribution is 0.609. The minimum absolute atomic E-state index is 0. The molecule has 5 nitrogen and oxygen atoms in total. The summed E-state index contributed by atoms with van der Waals surface area (Å²) in [5.41, 5.74) is 2.85. The average Bonchev–Trinajstić information content (AvgIpc) is 3.25. The van der Waals surface area contributed by atoms with E-state index >= 15 is 0 Å². The molecule has 0 aromatic carbocycles. The van der Waals surface area contributed by atoms with Crippen LogP contribution in [0.3, 0.4) is 0 Å². The minimum Gasteiger partial charge on any atom is -0.337 e. The Balaban J connectivity index is 0.00000176. The zero-order valence-corrected chi connectivity index (χ0v) is 14.5. The summed E-state index contributed by atoms with van der Waals surface area (Å²) in [4.78, 5) is 17.7. The Morgan fingerprint density at radius 2 is 2.05 bits per heavy atom. The molecule has 0 bridgehead atoms. The van der Waals surface area contributed by atoms with Crippen molar-refractivity contribution in [1.82, 2.24) is 19.5 Å². The molecule has 3 rings (SSSR count). The van der Waals surface area contributed by atoms with Crippen LogP contribution in [-0.4, -0.2) is 25.6 Å². The standard InChI is InChI=1S/C16H25N5.ClH/c1-4-9-21-10-17-15(18-12(5-2)6-3)13-16(21)20-14(19-13)11-7-8-11;/h10-12H,4-9H2,1-3H3,(H,19,20);1H. The highest BCUT2D eigenvalue weighted by Gasteiger charge is 2.27. The molecule has 1 fully saturated rings. The van der Waals surface area contributed by atoms with Gasteiger partial charge in [0, 0.05) is 12.5 Å². The Morgan fingerprint density at radius 3 is 2.64 bits per heavy atom. The van der Waals surface area contributed by atoms with Gasteiger partial charge in [0.1, 0.15) is 11.3 Å². The number of nitrogens with one attached hydrogen (secondary N) is 1. The SMILES string of the molecule is CCCn1cnc(=NC(CC)CC)c2[nH]c(C3CC3)nc21.Cl. The van der Waals surface area contributed by atoms with E-state index in [1.165, 1.54) is 12.8 Å². The molecular weight excluding hydrogens is 298 g/mol. The zero-order valence-electron chi connectivity index (χ0n) is 13.7. The zero-order chi connectivity index (χ0) is 14.8. The van der Waals surface area contributed by atoms with Crippen molar-refractivity contribution in [3.05, 3.63) is 17.6 Å². The summed E-state index contributed by atoms with van der Waals surface area (Å²) in [7, 11) is 0. The van der Waals surface area contributed by atoms with Gasteiger partial charge in [-0.2, -0.15) is 0 Å². The largest absolute Gasteiger partial charge is 0.337 e. The average molecular weight is 324 g/mol. The highest BCUT2D eigenvalue weighted by molar-refractivity contribution is 5.85. The quantitative estimate of drug-likeness (QED) is 0.883. The first-order valence-electron chi connectivity index (χ1n) is 8.25. The van der Waals surface area contributed by atoms with Crippen molar-refractivity contribution in [3.8, 4) is 0 Å². The van der Waals surface area contributed by atoms with Crippen LogP contribution in [0.1, 0.15) is 64.6 Å². The van der Waals surface area contributed by atoms with E-state index in [9.17, 15) is 0 Å². The summed E-state index contributed by atoms with van der Waals surface area (Å²) in [5, 5.41) is 0. The van der Waals surface area contributed by atoms with Crippen LogP contribution in [0.25, 0.3) is 11.2 Å². The maximum absolute atomic E-state index is 4.82. The molecule has 0 spiro atoms. The Morgan fingerprint density at radius 1 is 1.32 bits per heavy atom. The van der Waals surface area contributed by atoms with Crippen LogP contribution in [0.2, 0.25) is 0 Å². The molecule has 0 atom stereocenters. The number of halogens is 1. The molecule has 0 aliphatic heterocycles. The molecule has 22 heavy (non-hydrogen) atoms. The molecule has 0 amide bonds. The number of rotatable bonds is 6.